The number of aliphatic imine (C=N–C) groups is 1. The van der Waals surface area contributed by atoms with E-state index in [-0.39, 0.29) is 19.5 Å². The third-order valence-electron chi connectivity index (χ3n) is 5.36. The molecule has 0 bridgehead atoms. The molecule has 0 radical (unpaired) electrons. The van der Waals surface area contributed by atoms with E-state index in [0.717, 1.165) is 51.7 Å². The molecular weight excluding hydrogens is 502 g/mol. The van der Waals surface area contributed by atoms with E-state index in [4.69, 9.17) is 19.6 Å². The van der Waals surface area contributed by atoms with Crippen molar-refractivity contribution in [1.82, 2.24) is 14.8 Å². The topological polar surface area (TPSA) is 85.0 Å². The van der Waals surface area contributed by atoms with Crippen molar-refractivity contribution in [3.05, 3.63) is 102 Å². The number of guanidine groups is 1. The highest BCUT2D eigenvalue weighted by Gasteiger charge is 2.11. The average Bonchev–Trinajstić information content (AvgIpc) is 2.92. The predicted octanol–water partition coefficient (Wildman–Crippen LogP) is 5.74. The van der Waals surface area contributed by atoms with Crippen LogP contribution in [-0.4, -0.2) is 29.5 Å². The lowest BCUT2D eigenvalue weighted by Crippen LogP contribution is -2.40. The Kier molecular flexibility index (Phi) is 10.3. The number of pyridine rings is 1. The van der Waals surface area contributed by atoms with Gasteiger partial charge in [0.25, 0.3) is 0 Å². The van der Waals surface area contributed by atoms with Crippen LogP contribution in [0.2, 0.25) is 0 Å². The molecule has 4 aromatic rings. The third-order valence-corrected chi connectivity index (χ3v) is 5.94. The Morgan fingerprint density at radius 1 is 0.973 bits per heavy atom. The molecule has 0 saturated heterocycles. The number of hydrazine groups is 1. The summed E-state index contributed by atoms with van der Waals surface area (Å²) in [6.45, 7) is 2.45. The molecule has 1 aromatic heterocycles. The quantitative estimate of drug-likeness (QED) is 0.0933. The zero-order valence-corrected chi connectivity index (χ0v) is 22.8. The third kappa shape index (κ3) is 7.91. The number of nitrogens with two attached hydrogens (primary N) is 1. The van der Waals surface area contributed by atoms with Gasteiger partial charge in [-0.3, -0.25) is 10.4 Å². The van der Waals surface area contributed by atoms with Crippen LogP contribution in [0.1, 0.15) is 11.1 Å². The molecule has 0 saturated carbocycles. The Bertz CT molecular complexity index is 1300. The summed E-state index contributed by atoms with van der Waals surface area (Å²) in [6.07, 6.45) is 1.84. The lowest BCUT2D eigenvalue weighted by atomic mass is 9.97. The van der Waals surface area contributed by atoms with Crippen LogP contribution in [0.15, 0.2) is 96.1 Å². The molecule has 0 unspecified atom stereocenters. The largest absolute Gasteiger partial charge is 0.497 e. The molecule has 0 aliphatic heterocycles. The summed E-state index contributed by atoms with van der Waals surface area (Å²) in [5.74, 6) is 1.83. The Labute approximate surface area is 229 Å². The van der Waals surface area contributed by atoms with Crippen LogP contribution in [-0.2, 0) is 6.54 Å². The van der Waals surface area contributed by atoms with Gasteiger partial charge in [-0.15, -0.1) is 4.41 Å². The molecule has 4 rings (SSSR count). The molecular formula is C28H31N5O2S2. The van der Waals surface area contributed by atoms with Gasteiger partial charge in [-0.05, 0) is 48.4 Å². The number of aryl methyl sites for hydroxylation is 1. The summed E-state index contributed by atoms with van der Waals surface area (Å²) in [6, 6.07) is 28.0. The number of hydrogen-bond acceptors (Lipinski definition) is 6. The van der Waals surface area contributed by atoms with Gasteiger partial charge >= 0.3 is 0 Å². The Morgan fingerprint density at radius 3 is 2.32 bits per heavy atom. The highest BCUT2D eigenvalue weighted by molar-refractivity contribution is 7.92. The predicted molar refractivity (Wildman–Crippen MR) is 158 cm³/mol. The van der Waals surface area contributed by atoms with Gasteiger partial charge in [0.2, 0.25) is 5.96 Å². The number of aromatic nitrogens is 1. The Morgan fingerprint density at radius 2 is 1.65 bits per heavy atom. The molecule has 3 N–H and O–H groups in total. The highest BCUT2D eigenvalue weighted by atomic mass is 32.2. The van der Waals surface area contributed by atoms with Crippen molar-refractivity contribution < 1.29 is 8.92 Å². The van der Waals surface area contributed by atoms with Gasteiger partial charge < -0.3 is 14.7 Å². The number of benzene rings is 3. The van der Waals surface area contributed by atoms with E-state index in [2.05, 4.69) is 47.7 Å². The number of nitrogens with one attached hydrogen (secondary N) is 1. The van der Waals surface area contributed by atoms with E-state index in [0.29, 0.717) is 6.54 Å². The smallest absolute Gasteiger partial charge is 0.204 e. The van der Waals surface area contributed by atoms with Crippen LogP contribution in [0.25, 0.3) is 22.4 Å². The molecule has 0 aliphatic carbocycles. The van der Waals surface area contributed by atoms with Crippen LogP contribution >= 0.6 is 25.7 Å². The second-order valence-corrected chi connectivity index (χ2v) is 8.98. The minimum atomic E-state index is 0. The summed E-state index contributed by atoms with van der Waals surface area (Å²) in [5, 5.41) is 0. The summed E-state index contributed by atoms with van der Waals surface area (Å²) in [4.78, 5) is 9.28. The van der Waals surface area contributed by atoms with Crippen LogP contribution in [0.5, 0.6) is 11.5 Å². The maximum atomic E-state index is 6.10. The number of nitrogens with zero attached hydrogens (tertiary/aromatic N) is 3. The lowest BCUT2D eigenvalue weighted by molar-refractivity contribution is 0.415. The van der Waals surface area contributed by atoms with Gasteiger partial charge in [-0.2, -0.15) is 13.5 Å². The maximum absolute atomic E-state index is 6.10. The molecule has 0 atom stereocenters. The monoisotopic (exact) mass is 533 g/mol. The minimum Gasteiger partial charge on any atom is -0.497 e. The van der Waals surface area contributed by atoms with Crippen molar-refractivity contribution in [3.63, 3.8) is 0 Å². The van der Waals surface area contributed by atoms with Gasteiger partial charge in [0, 0.05) is 24.4 Å². The molecule has 192 valence electrons. The first-order valence-electron chi connectivity index (χ1n) is 11.4. The first kappa shape index (κ1) is 27.9. The summed E-state index contributed by atoms with van der Waals surface area (Å²) in [7, 11) is 3.46. The van der Waals surface area contributed by atoms with Gasteiger partial charge in [0.15, 0.2) is 12.2 Å². The number of rotatable bonds is 9. The highest BCUT2D eigenvalue weighted by Crippen LogP contribution is 2.32. The molecule has 3 aromatic carbocycles. The Balaban J connectivity index is 0.00000380. The zero-order chi connectivity index (χ0) is 25.3. The van der Waals surface area contributed by atoms with Crippen molar-refractivity contribution in [2.75, 3.05) is 14.2 Å². The molecule has 0 spiro atoms. The van der Waals surface area contributed by atoms with Crippen molar-refractivity contribution >= 4 is 31.7 Å². The number of ether oxygens (including phenoxy) is 1. The van der Waals surface area contributed by atoms with Gasteiger partial charge in [-0.25, -0.2) is 4.99 Å². The SMILES string of the molecule is COc1ccc(-c2cc(CN=C(N)NN(C)SOc3ccccc3)cnc2-c2ccc(C)cc2)cc1.S. The lowest BCUT2D eigenvalue weighted by Gasteiger charge is -2.16. The first-order chi connectivity index (χ1) is 17.5. The molecule has 37 heavy (non-hydrogen) atoms. The minimum absolute atomic E-state index is 0. The van der Waals surface area contributed by atoms with Crippen molar-refractivity contribution in [1.29, 1.82) is 0 Å². The van der Waals surface area contributed by atoms with E-state index in [1.54, 1.807) is 18.6 Å². The van der Waals surface area contributed by atoms with E-state index in [9.17, 15) is 0 Å². The fourth-order valence-electron chi connectivity index (χ4n) is 3.49. The summed E-state index contributed by atoms with van der Waals surface area (Å²) in [5.41, 5.74) is 15.3. The van der Waals surface area contributed by atoms with Crippen molar-refractivity contribution in [3.8, 4) is 33.9 Å². The van der Waals surface area contributed by atoms with Gasteiger partial charge in [-0.1, -0.05) is 60.2 Å². The average molecular weight is 534 g/mol. The van der Waals surface area contributed by atoms with E-state index >= 15 is 0 Å². The van der Waals surface area contributed by atoms with Crippen molar-refractivity contribution in [2.24, 2.45) is 10.7 Å². The fraction of sp³-hybridized carbons (Fsp3) is 0.143. The Hall–Kier alpha value is -3.66. The molecule has 9 heteroatoms. The normalized spacial score (nSPS) is 11.1. The molecule has 1 heterocycles. The standard InChI is InChI=1S/C28H29N5O2S.H2S/c1-20-9-11-23(12-10-20)27-26(22-13-15-24(34-3)16-14-22)17-21(18-30-27)19-31-28(29)32-33(2)36-35-25-7-5-4-6-8-25;/h4-18H,19H2,1-3H3,(H3,29,31,32);1H2. The van der Waals surface area contributed by atoms with E-state index in [1.165, 1.54) is 5.56 Å². The fourth-order valence-corrected chi connectivity index (χ4v) is 3.93. The van der Waals surface area contributed by atoms with Gasteiger partial charge in [0.05, 0.1) is 19.3 Å². The van der Waals surface area contributed by atoms with E-state index in [1.807, 2.05) is 60.8 Å². The number of hydrogen-bond donors (Lipinski definition) is 2. The van der Waals surface area contributed by atoms with Gasteiger partial charge in [0.1, 0.15) is 11.5 Å². The van der Waals surface area contributed by atoms with Crippen molar-refractivity contribution in [2.45, 2.75) is 13.5 Å². The van der Waals surface area contributed by atoms with Crippen LogP contribution in [0.4, 0.5) is 0 Å². The first-order valence-corrected chi connectivity index (χ1v) is 12.1. The second-order valence-electron chi connectivity index (χ2n) is 8.12. The van der Waals surface area contributed by atoms with Crippen LogP contribution < -0.4 is 20.1 Å². The maximum Gasteiger partial charge on any atom is 0.204 e. The van der Waals surface area contributed by atoms with E-state index < -0.39 is 0 Å². The molecule has 0 fully saturated rings. The van der Waals surface area contributed by atoms with Crippen LogP contribution in [0, 0.1) is 6.92 Å². The zero-order valence-electron chi connectivity index (χ0n) is 21.0. The molecule has 0 amide bonds. The second kappa shape index (κ2) is 13.6. The number of methoxy groups -OCH3 is 1. The summed E-state index contributed by atoms with van der Waals surface area (Å²) < 4.78 is 12.6. The van der Waals surface area contributed by atoms with Crippen LogP contribution in [0.3, 0.4) is 0 Å². The molecule has 7 nitrogen and oxygen atoms in total. The summed E-state index contributed by atoms with van der Waals surface area (Å²) >= 11 is 1.12. The molecule has 0 aliphatic rings. The number of para-hydroxylation sites is 1.